The highest BCUT2D eigenvalue weighted by Gasteiger charge is 2.32. The van der Waals surface area contributed by atoms with Gasteiger partial charge in [-0.1, -0.05) is 38.1 Å². The predicted molar refractivity (Wildman–Crippen MR) is 88.6 cm³/mol. The van der Waals surface area contributed by atoms with E-state index in [9.17, 15) is 0 Å². The molecule has 0 amide bonds. The molecule has 0 aromatic heterocycles. The maximum absolute atomic E-state index is 5.20. The van der Waals surface area contributed by atoms with Gasteiger partial charge in [0.1, 0.15) is 0 Å². The van der Waals surface area contributed by atoms with E-state index in [4.69, 9.17) is 4.74 Å². The van der Waals surface area contributed by atoms with Gasteiger partial charge in [0.15, 0.2) is 0 Å². The van der Waals surface area contributed by atoms with Crippen LogP contribution in [0.1, 0.15) is 49.8 Å². The van der Waals surface area contributed by atoms with Gasteiger partial charge < -0.3 is 10.1 Å². The van der Waals surface area contributed by atoms with Gasteiger partial charge in [-0.2, -0.15) is 11.8 Å². The van der Waals surface area contributed by atoms with E-state index in [1.54, 1.807) is 7.11 Å². The Hall–Kier alpha value is -0.510. The highest BCUT2D eigenvalue weighted by atomic mass is 32.2. The molecule has 0 spiro atoms. The first-order chi connectivity index (χ1) is 9.77. The molecule has 1 N–H and O–H groups in total. The fourth-order valence-corrected chi connectivity index (χ4v) is 4.47. The quantitative estimate of drug-likeness (QED) is 0.768. The molecule has 1 aromatic rings. The van der Waals surface area contributed by atoms with Gasteiger partial charge in [0.25, 0.3) is 0 Å². The Morgan fingerprint density at radius 3 is 2.75 bits per heavy atom. The summed E-state index contributed by atoms with van der Waals surface area (Å²) in [6.07, 6.45) is 2.44. The Morgan fingerprint density at radius 2 is 2.05 bits per heavy atom. The smallest absolute Gasteiger partial charge is 0.0553 e. The summed E-state index contributed by atoms with van der Waals surface area (Å²) in [5.41, 5.74) is 3.04. The standard InChI is InChI=1S/C17H27NOS/c1-4-9-18-17-15-8-6-5-7-14(15)13(2)12-16(17)20-11-10-19-3/h5-8,13,16-18H,4,9-12H2,1-3H3. The molecule has 2 nitrogen and oxygen atoms in total. The zero-order valence-corrected chi connectivity index (χ0v) is 13.7. The summed E-state index contributed by atoms with van der Waals surface area (Å²) in [4.78, 5) is 0. The van der Waals surface area contributed by atoms with E-state index in [1.165, 1.54) is 24.0 Å². The lowest BCUT2D eigenvalue weighted by atomic mass is 9.80. The Morgan fingerprint density at radius 1 is 1.30 bits per heavy atom. The molecule has 20 heavy (non-hydrogen) atoms. The number of methoxy groups -OCH3 is 1. The van der Waals surface area contributed by atoms with Crippen molar-refractivity contribution < 1.29 is 4.74 Å². The average molecular weight is 293 g/mol. The molecule has 0 heterocycles. The molecule has 3 heteroatoms. The highest BCUT2D eigenvalue weighted by molar-refractivity contribution is 7.99. The van der Waals surface area contributed by atoms with E-state index in [2.05, 4.69) is 55.2 Å². The van der Waals surface area contributed by atoms with E-state index < -0.39 is 0 Å². The molecule has 2 rings (SSSR count). The highest BCUT2D eigenvalue weighted by Crippen LogP contribution is 2.42. The van der Waals surface area contributed by atoms with Crippen LogP contribution >= 0.6 is 11.8 Å². The van der Waals surface area contributed by atoms with Crippen LogP contribution in [0.4, 0.5) is 0 Å². The molecule has 0 radical (unpaired) electrons. The number of hydrogen-bond acceptors (Lipinski definition) is 3. The minimum atomic E-state index is 0.490. The summed E-state index contributed by atoms with van der Waals surface area (Å²) in [5.74, 6) is 1.74. The summed E-state index contributed by atoms with van der Waals surface area (Å²) in [5, 5.41) is 4.42. The summed E-state index contributed by atoms with van der Waals surface area (Å²) in [6, 6.07) is 9.45. The van der Waals surface area contributed by atoms with Crippen LogP contribution in [0.3, 0.4) is 0 Å². The molecule has 3 atom stereocenters. The maximum Gasteiger partial charge on any atom is 0.0553 e. The number of ether oxygens (including phenoxy) is 1. The molecule has 0 saturated carbocycles. The van der Waals surface area contributed by atoms with Crippen molar-refractivity contribution in [3.05, 3.63) is 35.4 Å². The normalized spacial score (nSPS) is 25.4. The van der Waals surface area contributed by atoms with Gasteiger partial charge in [-0.15, -0.1) is 0 Å². The van der Waals surface area contributed by atoms with Crippen LogP contribution in [0.5, 0.6) is 0 Å². The zero-order chi connectivity index (χ0) is 14.4. The molecule has 1 aliphatic carbocycles. The molecule has 0 saturated heterocycles. The van der Waals surface area contributed by atoms with Crippen molar-refractivity contribution in [2.75, 3.05) is 26.0 Å². The summed E-state index contributed by atoms with van der Waals surface area (Å²) in [7, 11) is 1.78. The Bertz CT molecular complexity index is 410. The van der Waals surface area contributed by atoms with Crippen LogP contribution < -0.4 is 5.32 Å². The third-order valence-electron chi connectivity index (χ3n) is 4.05. The summed E-state index contributed by atoms with van der Waals surface area (Å²) in [6.45, 7) is 6.53. The molecule has 1 aliphatic rings. The lowest BCUT2D eigenvalue weighted by molar-refractivity contribution is 0.218. The third kappa shape index (κ3) is 3.78. The van der Waals surface area contributed by atoms with Gasteiger partial charge in [-0.3, -0.25) is 0 Å². The lowest BCUT2D eigenvalue weighted by Crippen LogP contribution is -2.36. The molecular formula is C17H27NOS. The van der Waals surface area contributed by atoms with Crippen molar-refractivity contribution in [1.82, 2.24) is 5.32 Å². The third-order valence-corrected chi connectivity index (χ3v) is 5.35. The van der Waals surface area contributed by atoms with Crippen LogP contribution in [0.15, 0.2) is 24.3 Å². The van der Waals surface area contributed by atoms with Crippen LogP contribution in [-0.4, -0.2) is 31.3 Å². The van der Waals surface area contributed by atoms with Gasteiger partial charge in [0.05, 0.1) is 6.61 Å². The van der Waals surface area contributed by atoms with Crippen molar-refractivity contribution in [3.8, 4) is 0 Å². The largest absolute Gasteiger partial charge is 0.384 e. The van der Waals surface area contributed by atoms with Crippen LogP contribution in [0.2, 0.25) is 0 Å². The number of rotatable bonds is 7. The van der Waals surface area contributed by atoms with Gasteiger partial charge >= 0.3 is 0 Å². The Labute approximate surface area is 127 Å². The number of benzene rings is 1. The first-order valence-electron chi connectivity index (χ1n) is 7.70. The van der Waals surface area contributed by atoms with E-state index in [-0.39, 0.29) is 0 Å². The van der Waals surface area contributed by atoms with Gasteiger partial charge in [-0.25, -0.2) is 0 Å². The fourth-order valence-electron chi connectivity index (χ4n) is 3.04. The first kappa shape index (κ1) is 15.9. The summed E-state index contributed by atoms with van der Waals surface area (Å²) >= 11 is 2.06. The van der Waals surface area contributed by atoms with Gasteiger partial charge in [0, 0.05) is 24.2 Å². The van der Waals surface area contributed by atoms with Gasteiger partial charge in [0.2, 0.25) is 0 Å². The number of nitrogens with one attached hydrogen (secondary N) is 1. The minimum Gasteiger partial charge on any atom is -0.384 e. The minimum absolute atomic E-state index is 0.490. The van der Waals surface area contributed by atoms with Crippen LogP contribution in [0, 0.1) is 0 Å². The first-order valence-corrected chi connectivity index (χ1v) is 8.75. The second-order valence-corrected chi connectivity index (χ2v) is 6.95. The number of fused-ring (bicyclic) bond motifs is 1. The molecular weight excluding hydrogens is 266 g/mol. The van der Waals surface area contributed by atoms with Crippen molar-refractivity contribution in [2.45, 2.75) is 43.9 Å². The predicted octanol–water partition coefficient (Wildman–Crippen LogP) is 3.98. The summed E-state index contributed by atoms with van der Waals surface area (Å²) < 4.78 is 5.20. The molecule has 1 aromatic carbocycles. The van der Waals surface area contributed by atoms with Crippen molar-refractivity contribution in [2.24, 2.45) is 0 Å². The average Bonchev–Trinajstić information content (AvgIpc) is 2.47. The van der Waals surface area contributed by atoms with E-state index in [0.29, 0.717) is 17.2 Å². The molecule has 0 aliphatic heterocycles. The van der Waals surface area contributed by atoms with E-state index >= 15 is 0 Å². The van der Waals surface area contributed by atoms with Crippen molar-refractivity contribution in [1.29, 1.82) is 0 Å². The molecule has 0 bridgehead atoms. The maximum atomic E-state index is 5.20. The number of thioether (sulfide) groups is 1. The van der Waals surface area contributed by atoms with Crippen LogP contribution in [0.25, 0.3) is 0 Å². The monoisotopic (exact) mass is 293 g/mol. The van der Waals surface area contributed by atoms with E-state index in [1.807, 2.05) is 0 Å². The SMILES string of the molecule is CCCNC1c2ccccc2C(C)CC1SCCOC. The number of hydrogen-bond donors (Lipinski definition) is 1. The molecule has 0 fully saturated rings. The Kier molecular flexibility index (Phi) is 6.40. The van der Waals surface area contributed by atoms with Crippen molar-refractivity contribution >= 4 is 11.8 Å². The van der Waals surface area contributed by atoms with E-state index in [0.717, 1.165) is 18.9 Å². The second-order valence-electron chi connectivity index (χ2n) is 5.60. The lowest BCUT2D eigenvalue weighted by Gasteiger charge is -2.37. The fraction of sp³-hybridized carbons (Fsp3) is 0.647. The molecule has 3 unspecified atom stereocenters. The topological polar surface area (TPSA) is 21.3 Å². The zero-order valence-electron chi connectivity index (χ0n) is 12.9. The second kappa shape index (κ2) is 8.06. The van der Waals surface area contributed by atoms with Crippen molar-refractivity contribution in [3.63, 3.8) is 0 Å². The Balaban J connectivity index is 2.15. The van der Waals surface area contributed by atoms with Crippen LogP contribution in [-0.2, 0) is 4.74 Å². The van der Waals surface area contributed by atoms with Gasteiger partial charge in [-0.05, 0) is 36.4 Å². The molecule has 112 valence electrons.